The Bertz CT molecular complexity index is 1420. The lowest BCUT2D eigenvalue weighted by atomic mass is 9.90. The maximum atomic E-state index is 13.9. The van der Waals surface area contributed by atoms with Gasteiger partial charge in [-0.3, -0.25) is 15.1 Å². The van der Waals surface area contributed by atoms with Crippen molar-refractivity contribution < 1.29 is 13.9 Å². The van der Waals surface area contributed by atoms with Gasteiger partial charge < -0.3 is 15.4 Å². The zero-order valence-electron chi connectivity index (χ0n) is 21.0. The maximum absolute atomic E-state index is 13.9. The van der Waals surface area contributed by atoms with Gasteiger partial charge in [0.15, 0.2) is 0 Å². The molecule has 4 rings (SSSR count). The molecule has 0 aliphatic carbocycles. The number of anilines is 1. The average molecular weight is 497 g/mol. The number of benzene rings is 3. The molecule has 0 saturated heterocycles. The van der Waals surface area contributed by atoms with Crippen LogP contribution in [0.25, 0.3) is 11.6 Å². The van der Waals surface area contributed by atoms with Crippen LogP contribution in [0, 0.1) is 11.2 Å². The molecular formula is C30H29FN4O2. The van der Waals surface area contributed by atoms with Crippen LogP contribution in [0.1, 0.15) is 42.1 Å². The number of nitrogens with zero attached hydrogens (tertiary/aromatic N) is 2. The van der Waals surface area contributed by atoms with Crippen LogP contribution in [0.2, 0.25) is 0 Å². The number of methoxy groups -OCH3 is 1. The molecule has 1 unspecified atom stereocenters. The third kappa shape index (κ3) is 5.02. The number of carbonyl (C=O) groups is 1. The van der Waals surface area contributed by atoms with Gasteiger partial charge in [-0.15, -0.1) is 0 Å². The topological polar surface area (TPSA) is 82.7 Å². The first kappa shape index (κ1) is 25.4. The Kier molecular flexibility index (Phi) is 7.25. The number of fused-ring (bicyclic) bond motifs is 1. The van der Waals surface area contributed by atoms with E-state index in [-0.39, 0.29) is 17.6 Å². The van der Waals surface area contributed by atoms with Gasteiger partial charge in [0.05, 0.1) is 18.8 Å². The number of amides is 1. The minimum Gasteiger partial charge on any atom is -0.495 e. The van der Waals surface area contributed by atoms with Crippen LogP contribution in [-0.4, -0.2) is 23.8 Å². The summed E-state index contributed by atoms with van der Waals surface area (Å²) in [5.41, 5.74) is 10.5. The molecule has 1 atom stereocenters. The number of hydrogen-bond acceptors (Lipinski definition) is 5. The van der Waals surface area contributed by atoms with Gasteiger partial charge in [0.2, 0.25) is 0 Å². The molecule has 0 saturated carbocycles. The lowest BCUT2D eigenvalue weighted by Crippen LogP contribution is -2.43. The van der Waals surface area contributed by atoms with Crippen molar-refractivity contribution >= 4 is 29.1 Å². The summed E-state index contributed by atoms with van der Waals surface area (Å²) in [4.78, 5) is 17.1. The van der Waals surface area contributed by atoms with Crippen LogP contribution in [0.4, 0.5) is 10.1 Å². The van der Waals surface area contributed by atoms with Gasteiger partial charge >= 0.3 is 0 Å². The van der Waals surface area contributed by atoms with E-state index in [1.54, 1.807) is 49.5 Å². The van der Waals surface area contributed by atoms with Gasteiger partial charge in [-0.2, -0.15) is 0 Å². The number of hydrogen-bond donors (Lipinski definition) is 2. The summed E-state index contributed by atoms with van der Waals surface area (Å²) in [5, 5.41) is 8.82. The molecule has 3 aromatic carbocycles. The van der Waals surface area contributed by atoms with Crippen LogP contribution in [0.3, 0.4) is 0 Å². The molecule has 188 valence electrons. The fraction of sp³-hybridized carbons (Fsp3) is 0.133. The lowest BCUT2D eigenvalue weighted by Gasteiger charge is -2.35. The molecule has 0 radical (unpaired) electrons. The minimum absolute atomic E-state index is 0.105. The second kappa shape index (κ2) is 10.5. The number of nitrogens with two attached hydrogens (primary N) is 1. The van der Waals surface area contributed by atoms with Crippen LogP contribution < -0.4 is 15.4 Å². The number of rotatable bonds is 7. The fourth-order valence-electron chi connectivity index (χ4n) is 4.40. The first-order chi connectivity index (χ1) is 17.7. The smallest absolute Gasteiger partial charge is 0.260 e. The van der Waals surface area contributed by atoms with Crippen molar-refractivity contribution in [2.45, 2.75) is 19.9 Å². The third-order valence-electron chi connectivity index (χ3n) is 6.23. The van der Waals surface area contributed by atoms with Gasteiger partial charge in [-0.05, 0) is 60.9 Å². The summed E-state index contributed by atoms with van der Waals surface area (Å²) in [6.07, 6.45) is 5.17. The van der Waals surface area contributed by atoms with Gasteiger partial charge in [0.1, 0.15) is 17.4 Å². The zero-order valence-corrected chi connectivity index (χ0v) is 21.0. The largest absolute Gasteiger partial charge is 0.495 e. The number of nitrogens with one attached hydrogen (secondary N) is 1. The third-order valence-corrected chi connectivity index (χ3v) is 6.23. The second-order valence-corrected chi connectivity index (χ2v) is 8.75. The highest BCUT2D eigenvalue weighted by atomic mass is 19.1. The SMILES string of the molecule is C=CN(/C=C(/C)N)c1ccc(/C=C2/C(=O)N(C(C)c3ccc(F)cc3)C(=N)c3ccccc32)cc1OC. The number of amidine groups is 1. The summed E-state index contributed by atoms with van der Waals surface area (Å²) in [5.74, 6) is 0.0186. The second-order valence-electron chi connectivity index (χ2n) is 8.75. The summed E-state index contributed by atoms with van der Waals surface area (Å²) in [6, 6.07) is 18.5. The molecule has 1 aliphatic heterocycles. The number of carbonyl (C=O) groups excluding carboxylic acids is 1. The van der Waals surface area contributed by atoms with Crippen molar-refractivity contribution in [1.82, 2.24) is 4.90 Å². The van der Waals surface area contributed by atoms with Gasteiger partial charge in [0, 0.05) is 29.2 Å². The number of ether oxygens (including phenoxy) is 1. The molecule has 1 aliphatic rings. The van der Waals surface area contributed by atoms with Crippen molar-refractivity contribution in [3.05, 3.63) is 119 Å². The van der Waals surface area contributed by atoms with Crippen molar-refractivity contribution in [1.29, 1.82) is 5.41 Å². The van der Waals surface area contributed by atoms with Crippen molar-refractivity contribution in [2.24, 2.45) is 5.73 Å². The van der Waals surface area contributed by atoms with E-state index in [0.717, 1.165) is 16.8 Å². The average Bonchev–Trinajstić information content (AvgIpc) is 2.90. The Labute approximate surface area is 216 Å². The summed E-state index contributed by atoms with van der Waals surface area (Å²) in [7, 11) is 1.57. The molecule has 1 heterocycles. The molecule has 1 amide bonds. The Morgan fingerprint density at radius 1 is 1.14 bits per heavy atom. The van der Waals surface area contributed by atoms with Gasteiger partial charge in [-0.1, -0.05) is 49.0 Å². The standard InChI is InChI=1S/C30H29FN4O2/c1-5-34(18-19(2)32)27-15-10-21(17-28(27)37-4)16-26-24-8-6-7-9-25(24)29(33)35(30(26)36)20(3)22-11-13-23(31)14-12-22/h5-18,20,33H,1,32H2,2-4H3/b19-18-,26-16+,33-29?. The van der Waals surface area contributed by atoms with E-state index in [4.69, 9.17) is 15.9 Å². The summed E-state index contributed by atoms with van der Waals surface area (Å²) in [6.45, 7) is 7.46. The van der Waals surface area contributed by atoms with E-state index >= 15 is 0 Å². The Balaban J connectivity index is 1.80. The van der Waals surface area contributed by atoms with Crippen molar-refractivity contribution in [3.63, 3.8) is 0 Å². The Morgan fingerprint density at radius 3 is 2.43 bits per heavy atom. The Morgan fingerprint density at radius 2 is 1.81 bits per heavy atom. The van der Waals surface area contributed by atoms with Crippen LogP contribution in [-0.2, 0) is 4.79 Å². The maximum Gasteiger partial charge on any atom is 0.260 e. The first-order valence-electron chi connectivity index (χ1n) is 11.8. The Hall–Kier alpha value is -4.65. The molecule has 0 fully saturated rings. The van der Waals surface area contributed by atoms with Gasteiger partial charge in [0.25, 0.3) is 5.91 Å². The van der Waals surface area contributed by atoms with Crippen LogP contribution >= 0.6 is 0 Å². The summed E-state index contributed by atoms with van der Waals surface area (Å²) >= 11 is 0. The quantitative estimate of drug-likeness (QED) is 0.389. The van der Waals surface area contributed by atoms with E-state index < -0.39 is 6.04 Å². The van der Waals surface area contributed by atoms with Crippen LogP contribution in [0.15, 0.2) is 91.4 Å². The molecular weight excluding hydrogens is 467 g/mol. The van der Waals surface area contributed by atoms with E-state index in [1.807, 2.05) is 49.4 Å². The van der Waals surface area contributed by atoms with Crippen molar-refractivity contribution in [2.75, 3.05) is 12.0 Å². The summed E-state index contributed by atoms with van der Waals surface area (Å²) < 4.78 is 19.1. The molecule has 7 heteroatoms. The molecule has 0 bridgehead atoms. The fourth-order valence-corrected chi connectivity index (χ4v) is 4.40. The molecule has 0 spiro atoms. The first-order valence-corrected chi connectivity index (χ1v) is 11.8. The highest BCUT2D eigenvalue weighted by Gasteiger charge is 2.35. The predicted octanol–water partition coefficient (Wildman–Crippen LogP) is 6.07. The molecule has 3 aromatic rings. The molecule has 0 aromatic heterocycles. The highest BCUT2D eigenvalue weighted by Crippen LogP contribution is 2.37. The van der Waals surface area contributed by atoms with Gasteiger partial charge in [-0.25, -0.2) is 4.39 Å². The monoisotopic (exact) mass is 496 g/mol. The highest BCUT2D eigenvalue weighted by molar-refractivity contribution is 6.34. The predicted molar refractivity (Wildman–Crippen MR) is 146 cm³/mol. The van der Waals surface area contributed by atoms with E-state index in [0.29, 0.717) is 28.1 Å². The number of halogens is 1. The van der Waals surface area contributed by atoms with E-state index in [2.05, 4.69) is 6.58 Å². The number of allylic oxidation sites excluding steroid dienone is 1. The van der Waals surface area contributed by atoms with Crippen molar-refractivity contribution in [3.8, 4) is 5.75 Å². The van der Waals surface area contributed by atoms with E-state index in [1.165, 1.54) is 17.0 Å². The molecule has 3 N–H and O–H groups in total. The molecule has 37 heavy (non-hydrogen) atoms. The zero-order chi connectivity index (χ0) is 26.7. The van der Waals surface area contributed by atoms with E-state index in [9.17, 15) is 9.18 Å². The minimum atomic E-state index is -0.471. The normalized spacial score (nSPS) is 15.4. The van der Waals surface area contributed by atoms with Crippen LogP contribution in [0.5, 0.6) is 5.75 Å². The lowest BCUT2D eigenvalue weighted by molar-refractivity contribution is -0.123. The molecule has 6 nitrogen and oxygen atoms in total.